The van der Waals surface area contributed by atoms with Gasteiger partial charge in [0.1, 0.15) is 12.2 Å². The zero-order chi connectivity index (χ0) is 31.4. The third kappa shape index (κ3) is 7.35. The van der Waals surface area contributed by atoms with Gasteiger partial charge in [0, 0.05) is 41.8 Å². The standard InChI is InChI=1S/C36H44N2O5/c1-34(2,27-11-7-6-8-12-27)30(37-23-22-36(5,42)43)19-17-25-15-16-26(33(25)41)18-20-31-35(3,4)28-13-9-10-14-29(28)38(31)24-21-32(39)40/h6-14,17-20,42-43H,15-16,21-24H2,1-5H3,(H2,37,39,40,41)/p+1. The van der Waals surface area contributed by atoms with Crippen LogP contribution in [0.5, 0.6) is 0 Å². The third-order valence-electron chi connectivity index (χ3n) is 8.60. The summed E-state index contributed by atoms with van der Waals surface area (Å²) in [6.45, 7) is 10.6. The van der Waals surface area contributed by atoms with Crippen LogP contribution in [0.25, 0.3) is 0 Å². The molecule has 0 fully saturated rings. The Hall–Kier alpha value is -3.94. The zero-order valence-corrected chi connectivity index (χ0v) is 25.9. The minimum absolute atomic E-state index is 0.0282. The summed E-state index contributed by atoms with van der Waals surface area (Å²) in [5.41, 5.74) is 6.16. The molecule has 5 N–H and O–H groups in total. The number of hydrogen-bond donors (Lipinski definition) is 5. The molecule has 0 aromatic heterocycles. The predicted octanol–water partition coefficient (Wildman–Crippen LogP) is 6.17. The maximum atomic E-state index is 11.4. The quantitative estimate of drug-likeness (QED) is 0.150. The van der Waals surface area contributed by atoms with Crippen LogP contribution in [0.2, 0.25) is 0 Å². The molecule has 2 aromatic rings. The lowest BCUT2D eigenvalue weighted by Gasteiger charge is -2.30. The number of carboxylic acids is 1. The lowest BCUT2D eigenvalue weighted by atomic mass is 9.81. The molecule has 0 radical (unpaired) electrons. The number of aliphatic hydroxyl groups is 3. The van der Waals surface area contributed by atoms with Crippen LogP contribution in [0.15, 0.2) is 102 Å². The van der Waals surface area contributed by atoms with Gasteiger partial charge in [0.25, 0.3) is 0 Å². The lowest BCUT2D eigenvalue weighted by Crippen LogP contribution is -2.34. The maximum Gasteiger partial charge on any atom is 0.309 e. The van der Waals surface area contributed by atoms with Gasteiger partial charge in [-0.2, -0.15) is 4.58 Å². The van der Waals surface area contributed by atoms with Gasteiger partial charge in [0.05, 0.1) is 5.41 Å². The number of aliphatic hydroxyl groups excluding tert-OH is 1. The minimum Gasteiger partial charge on any atom is -0.507 e. The Balaban J connectivity index is 1.64. The summed E-state index contributed by atoms with van der Waals surface area (Å²) in [6, 6.07) is 18.2. The molecule has 0 bridgehead atoms. The molecule has 4 rings (SSSR count). The molecular weight excluding hydrogens is 540 g/mol. The number of nitrogens with one attached hydrogen (secondary N) is 1. The minimum atomic E-state index is -1.77. The molecule has 7 heteroatoms. The molecule has 228 valence electrons. The van der Waals surface area contributed by atoms with E-state index in [0.717, 1.165) is 39.4 Å². The molecule has 0 amide bonds. The summed E-state index contributed by atoms with van der Waals surface area (Å²) < 4.78 is 2.08. The van der Waals surface area contributed by atoms with E-state index in [4.69, 9.17) is 0 Å². The Morgan fingerprint density at radius 3 is 2.35 bits per heavy atom. The van der Waals surface area contributed by atoms with E-state index in [2.05, 4.69) is 55.8 Å². The van der Waals surface area contributed by atoms with Gasteiger partial charge in [0.2, 0.25) is 5.69 Å². The maximum absolute atomic E-state index is 11.4. The summed E-state index contributed by atoms with van der Waals surface area (Å²) in [5.74, 6) is -2.35. The Bertz CT molecular complexity index is 1500. The van der Waals surface area contributed by atoms with E-state index < -0.39 is 11.8 Å². The topological polar surface area (TPSA) is 113 Å². The first-order valence-electron chi connectivity index (χ1n) is 14.9. The molecule has 0 saturated carbocycles. The second kappa shape index (κ2) is 12.7. The molecule has 0 saturated heterocycles. The van der Waals surface area contributed by atoms with Crippen molar-refractivity contribution in [2.75, 3.05) is 13.1 Å². The highest BCUT2D eigenvalue weighted by Crippen LogP contribution is 2.40. The Kier molecular flexibility index (Phi) is 9.47. The van der Waals surface area contributed by atoms with E-state index in [1.165, 1.54) is 6.92 Å². The van der Waals surface area contributed by atoms with Gasteiger partial charge >= 0.3 is 5.97 Å². The smallest absolute Gasteiger partial charge is 0.309 e. The summed E-state index contributed by atoms with van der Waals surface area (Å²) in [5, 5.41) is 43.6. The molecule has 1 aliphatic carbocycles. The van der Waals surface area contributed by atoms with E-state index in [1.807, 2.05) is 60.7 Å². The number of para-hydroxylation sites is 1. The average molecular weight is 586 g/mol. The fraction of sp³-hybridized carbons (Fsp3) is 0.389. The van der Waals surface area contributed by atoms with Gasteiger partial charge in [-0.15, -0.1) is 0 Å². The number of hydrogen-bond acceptors (Lipinski definition) is 5. The number of carbonyl (C=O) groups is 1. The van der Waals surface area contributed by atoms with Crippen molar-refractivity contribution in [1.82, 2.24) is 5.32 Å². The van der Waals surface area contributed by atoms with Crippen LogP contribution in [0.3, 0.4) is 0 Å². The number of carboxylic acid groups (broad SMARTS) is 1. The summed E-state index contributed by atoms with van der Waals surface area (Å²) in [7, 11) is 0. The number of benzene rings is 2. The Morgan fingerprint density at radius 2 is 1.67 bits per heavy atom. The van der Waals surface area contributed by atoms with Gasteiger partial charge in [-0.1, -0.05) is 68.5 Å². The van der Waals surface area contributed by atoms with E-state index >= 15 is 0 Å². The normalized spacial score (nSPS) is 18.2. The molecule has 0 atom stereocenters. The summed E-state index contributed by atoms with van der Waals surface area (Å²) in [4.78, 5) is 11.4. The van der Waals surface area contributed by atoms with Crippen LogP contribution >= 0.6 is 0 Å². The van der Waals surface area contributed by atoms with Crippen LogP contribution in [-0.2, 0) is 15.6 Å². The molecule has 7 nitrogen and oxygen atoms in total. The number of rotatable bonds is 12. The molecule has 1 heterocycles. The molecule has 2 aliphatic rings. The SMILES string of the molecule is CC(O)(O)CCNC(=CC=C1CCC(C=CC2=[N+](CCC(=O)O)c3ccccc3C2(C)C)=C1O)C(C)(C)c1ccccc1. The Morgan fingerprint density at radius 1 is 1.00 bits per heavy atom. The first-order chi connectivity index (χ1) is 20.2. The van der Waals surface area contributed by atoms with Crippen molar-refractivity contribution < 1.29 is 29.8 Å². The number of fused-ring (bicyclic) bond motifs is 1. The second-order valence-corrected chi connectivity index (χ2v) is 12.7. The van der Waals surface area contributed by atoms with Gasteiger partial charge in [-0.3, -0.25) is 4.79 Å². The molecule has 43 heavy (non-hydrogen) atoms. The van der Waals surface area contributed by atoms with Crippen molar-refractivity contribution in [2.24, 2.45) is 0 Å². The fourth-order valence-electron chi connectivity index (χ4n) is 5.92. The summed E-state index contributed by atoms with van der Waals surface area (Å²) in [6.07, 6.45) is 9.49. The molecule has 2 aromatic carbocycles. The van der Waals surface area contributed by atoms with Crippen LogP contribution in [0.4, 0.5) is 5.69 Å². The van der Waals surface area contributed by atoms with Crippen molar-refractivity contribution in [1.29, 1.82) is 0 Å². The largest absolute Gasteiger partial charge is 0.507 e. The number of aliphatic carboxylic acids is 1. The van der Waals surface area contributed by atoms with E-state index in [-0.39, 0.29) is 29.4 Å². The fourth-order valence-corrected chi connectivity index (χ4v) is 5.92. The highest BCUT2D eigenvalue weighted by atomic mass is 16.5. The average Bonchev–Trinajstić information content (AvgIpc) is 3.40. The lowest BCUT2D eigenvalue weighted by molar-refractivity contribution is -0.436. The van der Waals surface area contributed by atoms with Gasteiger partial charge in [0.15, 0.2) is 18.0 Å². The number of nitrogens with zero attached hydrogens (tertiary/aromatic N) is 1. The highest BCUT2D eigenvalue weighted by molar-refractivity contribution is 6.03. The molecule has 0 spiro atoms. The first kappa shape index (κ1) is 32.0. The second-order valence-electron chi connectivity index (χ2n) is 12.7. The summed E-state index contributed by atoms with van der Waals surface area (Å²) >= 11 is 0. The van der Waals surface area contributed by atoms with Crippen molar-refractivity contribution in [2.45, 2.75) is 76.9 Å². The van der Waals surface area contributed by atoms with Crippen LogP contribution in [-0.4, -0.2) is 55.6 Å². The van der Waals surface area contributed by atoms with Crippen LogP contribution in [0, 0.1) is 0 Å². The van der Waals surface area contributed by atoms with E-state index in [9.17, 15) is 25.2 Å². The van der Waals surface area contributed by atoms with Crippen LogP contribution < -0.4 is 5.32 Å². The molecule has 1 aliphatic heterocycles. The van der Waals surface area contributed by atoms with Crippen LogP contribution in [0.1, 0.15) is 71.4 Å². The first-order valence-corrected chi connectivity index (χ1v) is 14.9. The predicted molar refractivity (Wildman–Crippen MR) is 171 cm³/mol. The van der Waals surface area contributed by atoms with E-state index in [0.29, 0.717) is 25.9 Å². The van der Waals surface area contributed by atoms with Crippen molar-refractivity contribution in [3.05, 3.63) is 113 Å². The molecular formula is C36H45N2O5+. The van der Waals surface area contributed by atoms with Crippen molar-refractivity contribution in [3.63, 3.8) is 0 Å². The van der Waals surface area contributed by atoms with E-state index in [1.54, 1.807) is 0 Å². The zero-order valence-electron chi connectivity index (χ0n) is 25.9. The van der Waals surface area contributed by atoms with Crippen molar-refractivity contribution in [3.8, 4) is 0 Å². The van der Waals surface area contributed by atoms with Gasteiger partial charge in [-0.05, 0) is 62.5 Å². The van der Waals surface area contributed by atoms with Gasteiger partial charge in [-0.25, -0.2) is 0 Å². The highest BCUT2D eigenvalue weighted by Gasteiger charge is 2.44. The van der Waals surface area contributed by atoms with Crippen molar-refractivity contribution >= 4 is 17.4 Å². The van der Waals surface area contributed by atoms with Gasteiger partial charge < -0.3 is 25.7 Å². The Labute approximate surface area is 254 Å². The third-order valence-corrected chi connectivity index (χ3v) is 8.60. The number of allylic oxidation sites excluding steroid dienone is 7. The molecule has 0 unspecified atom stereocenters. The monoisotopic (exact) mass is 585 g/mol.